The number of nitrogens with one attached hydrogen (secondary N) is 1. The molecule has 0 spiro atoms. The molecule has 0 radical (unpaired) electrons. The van der Waals surface area contributed by atoms with Gasteiger partial charge in [0.2, 0.25) is 5.89 Å². The molecule has 4 nitrogen and oxygen atoms in total. The van der Waals surface area contributed by atoms with Crippen molar-refractivity contribution in [3.8, 4) is 0 Å². The molecule has 0 aliphatic heterocycles. The Morgan fingerprint density at radius 1 is 1.35 bits per heavy atom. The maximum Gasteiger partial charge on any atom is 0.240 e. The summed E-state index contributed by atoms with van der Waals surface area (Å²) < 4.78 is 5.28. The van der Waals surface area contributed by atoms with Gasteiger partial charge in [-0.25, -0.2) is 0 Å². The zero-order valence-electron chi connectivity index (χ0n) is 11.3. The van der Waals surface area contributed by atoms with Crippen LogP contribution >= 0.6 is 0 Å². The molecule has 0 bridgehead atoms. The minimum absolute atomic E-state index is 0.0799. The standard InChI is InChI=1S/C13H23N3O/c1-9-5-6-10(7-9)12-15-11(17-16-12)8-14-13(2,3)4/h9-10,14H,5-8H2,1-4H3. The lowest BCUT2D eigenvalue weighted by molar-refractivity contribution is 0.332. The highest BCUT2D eigenvalue weighted by Gasteiger charge is 2.26. The summed E-state index contributed by atoms with van der Waals surface area (Å²) in [5.41, 5.74) is 0.0799. The quantitative estimate of drug-likeness (QED) is 0.878. The van der Waals surface area contributed by atoms with E-state index in [0.29, 0.717) is 18.4 Å². The molecule has 1 fully saturated rings. The van der Waals surface area contributed by atoms with Gasteiger partial charge in [0.15, 0.2) is 5.82 Å². The predicted octanol–water partition coefficient (Wildman–Crippen LogP) is 2.86. The van der Waals surface area contributed by atoms with Crippen molar-refractivity contribution in [2.75, 3.05) is 0 Å². The molecule has 2 rings (SSSR count). The average molecular weight is 237 g/mol. The van der Waals surface area contributed by atoms with Crippen molar-refractivity contribution in [2.24, 2.45) is 5.92 Å². The number of hydrogen-bond donors (Lipinski definition) is 1. The van der Waals surface area contributed by atoms with Crippen molar-refractivity contribution < 1.29 is 4.52 Å². The molecule has 1 aliphatic rings. The van der Waals surface area contributed by atoms with Crippen LogP contribution in [0.3, 0.4) is 0 Å². The van der Waals surface area contributed by atoms with Crippen LogP contribution < -0.4 is 5.32 Å². The van der Waals surface area contributed by atoms with Crippen LogP contribution in [0.5, 0.6) is 0 Å². The summed E-state index contributed by atoms with van der Waals surface area (Å²) in [5.74, 6) is 2.92. The molecule has 2 atom stereocenters. The van der Waals surface area contributed by atoms with Gasteiger partial charge in [-0.3, -0.25) is 0 Å². The third-order valence-electron chi connectivity index (χ3n) is 3.31. The molecule has 2 unspecified atom stereocenters. The lowest BCUT2D eigenvalue weighted by atomic mass is 10.1. The third-order valence-corrected chi connectivity index (χ3v) is 3.31. The number of nitrogens with zero attached hydrogens (tertiary/aromatic N) is 2. The number of rotatable bonds is 3. The van der Waals surface area contributed by atoms with Gasteiger partial charge in [-0.1, -0.05) is 12.1 Å². The molecule has 0 saturated heterocycles. The Balaban J connectivity index is 1.92. The van der Waals surface area contributed by atoms with Crippen molar-refractivity contribution in [3.05, 3.63) is 11.7 Å². The first-order chi connectivity index (χ1) is 7.94. The van der Waals surface area contributed by atoms with Gasteiger partial charge in [0.25, 0.3) is 0 Å². The van der Waals surface area contributed by atoms with Gasteiger partial charge >= 0.3 is 0 Å². The number of hydrogen-bond acceptors (Lipinski definition) is 4. The van der Waals surface area contributed by atoms with E-state index in [-0.39, 0.29) is 5.54 Å². The van der Waals surface area contributed by atoms with Crippen molar-refractivity contribution in [1.29, 1.82) is 0 Å². The summed E-state index contributed by atoms with van der Waals surface area (Å²) in [6.07, 6.45) is 3.69. The van der Waals surface area contributed by atoms with E-state index in [0.717, 1.165) is 11.7 Å². The summed E-state index contributed by atoms with van der Waals surface area (Å²) in [4.78, 5) is 4.49. The summed E-state index contributed by atoms with van der Waals surface area (Å²) >= 11 is 0. The lowest BCUT2D eigenvalue weighted by Crippen LogP contribution is -2.35. The summed E-state index contributed by atoms with van der Waals surface area (Å²) in [5, 5.41) is 7.46. The molecule has 0 aromatic carbocycles. The fourth-order valence-electron chi connectivity index (χ4n) is 2.29. The Bertz CT molecular complexity index is 367. The molecule has 0 amide bonds. The first-order valence-electron chi connectivity index (χ1n) is 6.51. The van der Waals surface area contributed by atoms with Crippen LogP contribution in [0.2, 0.25) is 0 Å². The molecule has 1 aromatic rings. The van der Waals surface area contributed by atoms with Gasteiger partial charge in [-0.05, 0) is 46.0 Å². The second-order valence-electron chi connectivity index (χ2n) is 6.27. The van der Waals surface area contributed by atoms with E-state index in [1.807, 2.05) is 0 Å². The molecular weight excluding hydrogens is 214 g/mol. The summed E-state index contributed by atoms with van der Waals surface area (Å²) in [6, 6.07) is 0. The highest BCUT2D eigenvalue weighted by molar-refractivity contribution is 4.99. The van der Waals surface area contributed by atoms with Crippen LogP contribution in [0, 0.1) is 5.92 Å². The van der Waals surface area contributed by atoms with Gasteiger partial charge < -0.3 is 9.84 Å². The second-order valence-corrected chi connectivity index (χ2v) is 6.27. The van der Waals surface area contributed by atoms with Crippen molar-refractivity contribution in [1.82, 2.24) is 15.5 Å². The lowest BCUT2D eigenvalue weighted by Gasteiger charge is -2.18. The Hall–Kier alpha value is -0.900. The summed E-state index contributed by atoms with van der Waals surface area (Å²) in [6.45, 7) is 9.33. The zero-order chi connectivity index (χ0) is 12.5. The first kappa shape index (κ1) is 12.6. The fraction of sp³-hybridized carbons (Fsp3) is 0.846. The van der Waals surface area contributed by atoms with Gasteiger partial charge in [0, 0.05) is 11.5 Å². The van der Waals surface area contributed by atoms with E-state index in [1.165, 1.54) is 19.3 Å². The molecule has 4 heteroatoms. The molecule has 1 saturated carbocycles. The SMILES string of the molecule is CC1CCC(c2noc(CNC(C)(C)C)n2)C1. The van der Waals surface area contributed by atoms with E-state index >= 15 is 0 Å². The van der Waals surface area contributed by atoms with Crippen LogP contribution in [0.4, 0.5) is 0 Å². The largest absolute Gasteiger partial charge is 0.338 e. The van der Waals surface area contributed by atoms with Crippen LogP contribution in [0.15, 0.2) is 4.52 Å². The van der Waals surface area contributed by atoms with Crippen molar-refractivity contribution >= 4 is 0 Å². The molecule has 1 aliphatic carbocycles. The minimum Gasteiger partial charge on any atom is -0.338 e. The molecule has 1 aromatic heterocycles. The number of aromatic nitrogens is 2. The van der Waals surface area contributed by atoms with E-state index in [2.05, 4.69) is 43.2 Å². The van der Waals surface area contributed by atoms with Gasteiger partial charge in [-0.15, -0.1) is 0 Å². The Kier molecular flexibility index (Phi) is 3.52. The van der Waals surface area contributed by atoms with Crippen LogP contribution in [-0.2, 0) is 6.54 Å². The topological polar surface area (TPSA) is 51.0 Å². The molecule has 1 N–H and O–H groups in total. The average Bonchev–Trinajstić information content (AvgIpc) is 2.81. The maximum atomic E-state index is 5.28. The highest BCUT2D eigenvalue weighted by Crippen LogP contribution is 2.36. The molecule has 17 heavy (non-hydrogen) atoms. The predicted molar refractivity (Wildman–Crippen MR) is 66.6 cm³/mol. The van der Waals surface area contributed by atoms with E-state index in [4.69, 9.17) is 4.52 Å². The minimum atomic E-state index is 0.0799. The van der Waals surface area contributed by atoms with Gasteiger partial charge in [0.05, 0.1) is 6.54 Å². The Morgan fingerprint density at radius 2 is 2.12 bits per heavy atom. The smallest absolute Gasteiger partial charge is 0.240 e. The summed E-state index contributed by atoms with van der Waals surface area (Å²) in [7, 11) is 0. The third kappa shape index (κ3) is 3.53. The van der Waals surface area contributed by atoms with Crippen LogP contribution in [0.1, 0.15) is 64.6 Å². The van der Waals surface area contributed by atoms with Crippen LogP contribution in [0.25, 0.3) is 0 Å². The normalized spacial score (nSPS) is 25.4. The Labute approximate surface area is 103 Å². The van der Waals surface area contributed by atoms with E-state index in [1.54, 1.807) is 0 Å². The fourth-order valence-corrected chi connectivity index (χ4v) is 2.29. The van der Waals surface area contributed by atoms with Crippen molar-refractivity contribution in [2.45, 2.75) is 65.0 Å². The second kappa shape index (κ2) is 4.77. The zero-order valence-corrected chi connectivity index (χ0v) is 11.3. The highest BCUT2D eigenvalue weighted by atomic mass is 16.5. The van der Waals surface area contributed by atoms with Crippen LogP contribution in [-0.4, -0.2) is 15.7 Å². The first-order valence-corrected chi connectivity index (χ1v) is 6.51. The van der Waals surface area contributed by atoms with E-state index in [9.17, 15) is 0 Å². The van der Waals surface area contributed by atoms with Gasteiger partial charge in [-0.2, -0.15) is 4.98 Å². The van der Waals surface area contributed by atoms with E-state index < -0.39 is 0 Å². The Morgan fingerprint density at radius 3 is 2.71 bits per heavy atom. The maximum absolute atomic E-state index is 5.28. The molecule has 1 heterocycles. The van der Waals surface area contributed by atoms with Gasteiger partial charge in [0.1, 0.15) is 0 Å². The molecular formula is C13H23N3O. The van der Waals surface area contributed by atoms with Crippen molar-refractivity contribution in [3.63, 3.8) is 0 Å². The monoisotopic (exact) mass is 237 g/mol. The molecule has 96 valence electrons.